The van der Waals surface area contributed by atoms with Crippen LogP contribution in [0.4, 0.5) is 0 Å². The fraction of sp³-hybridized carbons (Fsp3) is 0.333. The van der Waals surface area contributed by atoms with Crippen LogP contribution in [0.1, 0.15) is 24.3 Å². The molecule has 0 unspecified atom stereocenters. The maximum Gasteiger partial charge on any atom is 0.118 e. The van der Waals surface area contributed by atoms with Gasteiger partial charge in [-0.15, -0.1) is 0 Å². The van der Waals surface area contributed by atoms with Crippen molar-refractivity contribution in [3.63, 3.8) is 0 Å². The van der Waals surface area contributed by atoms with Gasteiger partial charge in [0.1, 0.15) is 5.75 Å². The lowest BCUT2D eigenvalue weighted by Gasteiger charge is -2.37. The summed E-state index contributed by atoms with van der Waals surface area (Å²) < 4.78 is 7.21. The molecule has 3 rings (SSSR count). The van der Waals surface area contributed by atoms with Gasteiger partial charge in [-0.25, -0.2) is 0 Å². The molecule has 1 aromatic heterocycles. The number of benzene rings is 1. The van der Waals surface area contributed by atoms with E-state index in [2.05, 4.69) is 17.6 Å². The van der Waals surface area contributed by atoms with Crippen LogP contribution >= 0.6 is 0 Å². The summed E-state index contributed by atoms with van der Waals surface area (Å²) in [5.41, 5.74) is 4.89. The van der Waals surface area contributed by atoms with Crippen LogP contribution in [0.2, 0.25) is 0 Å². The molecule has 18 heavy (non-hydrogen) atoms. The van der Waals surface area contributed by atoms with Gasteiger partial charge in [0, 0.05) is 18.4 Å². The average Bonchev–Trinajstić information content (AvgIpc) is 2.86. The third-order valence-corrected chi connectivity index (χ3v) is 3.66. The smallest absolute Gasteiger partial charge is 0.118 e. The van der Waals surface area contributed by atoms with Crippen molar-refractivity contribution in [1.29, 1.82) is 0 Å². The molecular weight excluding hydrogens is 224 g/mol. The lowest BCUT2D eigenvalue weighted by Crippen LogP contribution is -2.38. The minimum atomic E-state index is 0.588. The van der Waals surface area contributed by atoms with Gasteiger partial charge in [0.15, 0.2) is 0 Å². The average molecular weight is 242 g/mol. The zero-order chi connectivity index (χ0) is 12.4. The number of nitrogens with zero attached hydrogens (tertiary/aromatic N) is 1. The minimum absolute atomic E-state index is 0.588. The number of aromatic nitrogens is 1. The summed E-state index contributed by atoms with van der Waals surface area (Å²) in [6, 6.07) is 13.1. The molecule has 1 aliphatic rings. The molecule has 3 nitrogen and oxygen atoms in total. The predicted molar refractivity (Wildman–Crippen MR) is 72.5 cm³/mol. The number of hydrogen-bond acceptors (Lipinski definition) is 2. The van der Waals surface area contributed by atoms with Gasteiger partial charge in [0.25, 0.3) is 0 Å². The highest BCUT2D eigenvalue weighted by molar-refractivity contribution is 5.31. The molecule has 1 aromatic carbocycles. The number of hydrogen-bond donors (Lipinski definition) is 1. The van der Waals surface area contributed by atoms with E-state index in [1.807, 2.05) is 41.3 Å². The second-order valence-electron chi connectivity index (χ2n) is 4.86. The normalized spacial score (nSPS) is 22.3. The number of rotatable bonds is 4. The van der Waals surface area contributed by atoms with E-state index in [1.165, 1.54) is 18.4 Å². The molecule has 3 heteroatoms. The summed E-state index contributed by atoms with van der Waals surface area (Å²) >= 11 is 0. The number of ether oxygens (including phenoxy) is 1. The quantitative estimate of drug-likeness (QED) is 0.892. The molecule has 0 aliphatic heterocycles. The Labute approximate surface area is 107 Å². The summed E-state index contributed by atoms with van der Waals surface area (Å²) in [7, 11) is 1.70. The van der Waals surface area contributed by atoms with Gasteiger partial charge < -0.3 is 10.2 Å². The van der Waals surface area contributed by atoms with Crippen molar-refractivity contribution in [3.05, 3.63) is 54.4 Å². The highest BCUT2D eigenvalue weighted by Crippen LogP contribution is 2.37. The molecule has 1 N–H and O–H groups in total. The second-order valence-corrected chi connectivity index (χ2v) is 4.86. The SMILES string of the molecule is COc1ccc(C2CC(Nn3cccc3)C2)cc1. The van der Waals surface area contributed by atoms with Gasteiger partial charge in [-0.3, -0.25) is 4.68 Å². The zero-order valence-electron chi connectivity index (χ0n) is 10.5. The Morgan fingerprint density at radius 1 is 1.11 bits per heavy atom. The first kappa shape index (κ1) is 11.2. The van der Waals surface area contributed by atoms with Crippen LogP contribution in [0, 0.1) is 0 Å². The molecule has 0 saturated heterocycles. The van der Waals surface area contributed by atoms with Crippen LogP contribution in [0.25, 0.3) is 0 Å². The van der Waals surface area contributed by atoms with Gasteiger partial charge in [-0.05, 0) is 48.6 Å². The first-order valence-electron chi connectivity index (χ1n) is 6.38. The Balaban J connectivity index is 1.54. The van der Waals surface area contributed by atoms with Gasteiger partial charge in [0.05, 0.1) is 7.11 Å². The summed E-state index contributed by atoms with van der Waals surface area (Å²) in [5.74, 6) is 1.61. The van der Waals surface area contributed by atoms with E-state index in [4.69, 9.17) is 4.74 Å². The molecule has 1 heterocycles. The van der Waals surface area contributed by atoms with Gasteiger partial charge >= 0.3 is 0 Å². The molecule has 0 amide bonds. The summed E-state index contributed by atoms with van der Waals surface area (Å²) in [4.78, 5) is 0. The molecule has 0 bridgehead atoms. The number of nitrogens with one attached hydrogen (secondary N) is 1. The van der Waals surface area contributed by atoms with E-state index in [0.717, 1.165) is 5.75 Å². The lowest BCUT2D eigenvalue weighted by atomic mass is 9.76. The highest BCUT2D eigenvalue weighted by atomic mass is 16.5. The van der Waals surface area contributed by atoms with Crippen LogP contribution in [-0.4, -0.2) is 17.8 Å². The molecule has 1 fully saturated rings. The Morgan fingerprint density at radius 3 is 2.39 bits per heavy atom. The van der Waals surface area contributed by atoms with E-state index in [1.54, 1.807) is 7.11 Å². The largest absolute Gasteiger partial charge is 0.497 e. The fourth-order valence-corrected chi connectivity index (χ4v) is 2.50. The first-order chi connectivity index (χ1) is 8.85. The lowest BCUT2D eigenvalue weighted by molar-refractivity contribution is 0.352. The van der Waals surface area contributed by atoms with Gasteiger partial charge in [-0.1, -0.05) is 12.1 Å². The Morgan fingerprint density at radius 2 is 1.78 bits per heavy atom. The topological polar surface area (TPSA) is 26.2 Å². The molecule has 1 aliphatic carbocycles. The first-order valence-corrected chi connectivity index (χ1v) is 6.38. The Kier molecular flexibility index (Phi) is 2.97. The van der Waals surface area contributed by atoms with Crippen molar-refractivity contribution in [2.75, 3.05) is 12.5 Å². The molecule has 1 saturated carbocycles. The molecular formula is C15H18N2O. The van der Waals surface area contributed by atoms with Crippen molar-refractivity contribution in [1.82, 2.24) is 4.68 Å². The van der Waals surface area contributed by atoms with Crippen LogP contribution in [0.15, 0.2) is 48.8 Å². The van der Waals surface area contributed by atoms with Crippen LogP contribution in [-0.2, 0) is 0 Å². The van der Waals surface area contributed by atoms with Crippen LogP contribution < -0.4 is 10.2 Å². The molecule has 2 aromatic rings. The molecule has 0 radical (unpaired) electrons. The Hall–Kier alpha value is -1.90. The third-order valence-electron chi connectivity index (χ3n) is 3.66. The predicted octanol–water partition coefficient (Wildman–Crippen LogP) is 2.99. The number of methoxy groups -OCH3 is 1. The van der Waals surface area contributed by atoms with Gasteiger partial charge in [0.2, 0.25) is 0 Å². The van der Waals surface area contributed by atoms with E-state index >= 15 is 0 Å². The van der Waals surface area contributed by atoms with E-state index in [0.29, 0.717) is 12.0 Å². The monoisotopic (exact) mass is 242 g/mol. The molecule has 0 atom stereocenters. The van der Waals surface area contributed by atoms with Crippen molar-refractivity contribution < 1.29 is 4.74 Å². The summed E-state index contributed by atoms with van der Waals surface area (Å²) in [6.07, 6.45) is 6.48. The van der Waals surface area contributed by atoms with E-state index in [-0.39, 0.29) is 0 Å². The van der Waals surface area contributed by atoms with Crippen LogP contribution in [0.5, 0.6) is 5.75 Å². The van der Waals surface area contributed by atoms with E-state index in [9.17, 15) is 0 Å². The summed E-state index contributed by atoms with van der Waals surface area (Å²) in [6.45, 7) is 0. The second kappa shape index (κ2) is 4.77. The van der Waals surface area contributed by atoms with E-state index < -0.39 is 0 Å². The molecule has 0 spiro atoms. The fourth-order valence-electron chi connectivity index (χ4n) is 2.50. The highest BCUT2D eigenvalue weighted by Gasteiger charge is 2.30. The maximum atomic E-state index is 5.18. The third kappa shape index (κ3) is 2.21. The Bertz CT molecular complexity index is 484. The summed E-state index contributed by atoms with van der Waals surface area (Å²) in [5, 5.41) is 0. The van der Waals surface area contributed by atoms with Crippen LogP contribution in [0.3, 0.4) is 0 Å². The zero-order valence-corrected chi connectivity index (χ0v) is 10.5. The maximum absolute atomic E-state index is 5.18. The molecule has 94 valence electrons. The van der Waals surface area contributed by atoms with Crippen molar-refractivity contribution in [2.24, 2.45) is 0 Å². The van der Waals surface area contributed by atoms with Crippen molar-refractivity contribution in [3.8, 4) is 5.75 Å². The standard InChI is InChI=1S/C15H18N2O/c1-18-15-6-4-12(5-7-15)13-10-14(11-13)16-17-8-2-3-9-17/h2-9,13-14,16H,10-11H2,1H3. The van der Waals surface area contributed by atoms with Gasteiger partial charge in [-0.2, -0.15) is 0 Å². The minimum Gasteiger partial charge on any atom is -0.497 e. The van der Waals surface area contributed by atoms with Crippen molar-refractivity contribution >= 4 is 0 Å². The van der Waals surface area contributed by atoms with Crippen molar-refractivity contribution in [2.45, 2.75) is 24.8 Å².